The molecule has 1 aliphatic rings. The molecule has 5 nitrogen and oxygen atoms in total. The summed E-state index contributed by atoms with van der Waals surface area (Å²) in [4.78, 5) is 22.5. The van der Waals surface area contributed by atoms with Crippen molar-refractivity contribution in [2.24, 2.45) is 5.92 Å². The molecule has 0 aromatic carbocycles. The SMILES string of the molecule is C[C@H]1CCc2c(sc3nc([C@H](C)NCc4ccco4)[nH]c(=O)c23)C1. The molecule has 3 aromatic rings. The number of hydrogen-bond acceptors (Lipinski definition) is 5. The van der Waals surface area contributed by atoms with Crippen LogP contribution in [0.25, 0.3) is 10.2 Å². The zero-order chi connectivity index (χ0) is 16.7. The van der Waals surface area contributed by atoms with Gasteiger partial charge in [-0.25, -0.2) is 4.98 Å². The minimum atomic E-state index is -0.0507. The van der Waals surface area contributed by atoms with Crippen LogP contribution in [0.2, 0.25) is 0 Å². The van der Waals surface area contributed by atoms with Gasteiger partial charge in [-0.3, -0.25) is 4.79 Å². The van der Waals surface area contributed by atoms with Crippen LogP contribution < -0.4 is 10.9 Å². The van der Waals surface area contributed by atoms with E-state index in [2.05, 4.69) is 17.2 Å². The van der Waals surface area contributed by atoms with Gasteiger partial charge >= 0.3 is 0 Å². The average molecular weight is 343 g/mol. The van der Waals surface area contributed by atoms with Gasteiger partial charge in [-0.1, -0.05) is 6.92 Å². The van der Waals surface area contributed by atoms with E-state index >= 15 is 0 Å². The summed E-state index contributed by atoms with van der Waals surface area (Å²) in [6.07, 6.45) is 4.87. The highest BCUT2D eigenvalue weighted by molar-refractivity contribution is 7.18. The van der Waals surface area contributed by atoms with Crippen molar-refractivity contribution in [3.8, 4) is 0 Å². The number of aromatic amines is 1. The van der Waals surface area contributed by atoms with Crippen molar-refractivity contribution in [2.75, 3.05) is 0 Å². The van der Waals surface area contributed by atoms with E-state index in [9.17, 15) is 4.79 Å². The Labute approximate surface area is 144 Å². The van der Waals surface area contributed by atoms with E-state index < -0.39 is 0 Å². The molecule has 0 amide bonds. The van der Waals surface area contributed by atoms with Gasteiger partial charge in [0.05, 0.1) is 24.2 Å². The fourth-order valence-electron chi connectivity index (χ4n) is 3.33. The molecule has 126 valence electrons. The van der Waals surface area contributed by atoms with Gasteiger partial charge in [-0.05, 0) is 49.8 Å². The van der Waals surface area contributed by atoms with Gasteiger partial charge in [0.1, 0.15) is 16.4 Å². The third-order valence-electron chi connectivity index (χ3n) is 4.76. The lowest BCUT2D eigenvalue weighted by Gasteiger charge is -2.17. The lowest BCUT2D eigenvalue weighted by atomic mass is 9.89. The summed E-state index contributed by atoms with van der Waals surface area (Å²) < 4.78 is 5.33. The minimum Gasteiger partial charge on any atom is -0.468 e. The van der Waals surface area contributed by atoms with E-state index in [4.69, 9.17) is 9.40 Å². The summed E-state index contributed by atoms with van der Waals surface area (Å²) in [6, 6.07) is 3.74. The highest BCUT2D eigenvalue weighted by Crippen LogP contribution is 2.35. The van der Waals surface area contributed by atoms with Crippen molar-refractivity contribution < 1.29 is 4.42 Å². The van der Waals surface area contributed by atoms with Crippen LogP contribution in [-0.4, -0.2) is 9.97 Å². The van der Waals surface area contributed by atoms with Crippen LogP contribution in [0.4, 0.5) is 0 Å². The number of aromatic nitrogens is 2. The molecule has 2 N–H and O–H groups in total. The first kappa shape index (κ1) is 15.6. The molecule has 0 spiro atoms. The number of rotatable bonds is 4. The van der Waals surface area contributed by atoms with Crippen molar-refractivity contribution in [2.45, 2.75) is 45.7 Å². The molecule has 0 saturated heterocycles. The van der Waals surface area contributed by atoms with E-state index in [1.54, 1.807) is 17.6 Å². The number of nitrogens with zero attached hydrogens (tertiary/aromatic N) is 1. The number of aryl methyl sites for hydroxylation is 1. The number of H-pyrrole nitrogens is 1. The Kier molecular flexibility index (Phi) is 4.02. The molecule has 3 aromatic heterocycles. The fraction of sp³-hybridized carbons (Fsp3) is 0.444. The normalized spacial score (nSPS) is 18.7. The van der Waals surface area contributed by atoms with Crippen molar-refractivity contribution in [1.29, 1.82) is 0 Å². The second-order valence-electron chi connectivity index (χ2n) is 6.67. The predicted octanol–water partition coefficient (Wildman–Crippen LogP) is 3.55. The van der Waals surface area contributed by atoms with Crippen LogP contribution in [0.5, 0.6) is 0 Å². The molecule has 2 atom stereocenters. The van der Waals surface area contributed by atoms with Crippen LogP contribution in [0, 0.1) is 5.92 Å². The largest absolute Gasteiger partial charge is 0.468 e. The van der Waals surface area contributed by atoms with Gasteiger partial charge in [-0.15, -0.1) is 11.3 Å². The van der Waals surface area contributed by atoms with Crippen molar-refractivity contribution in [1.82, 2.24) is 15.3 Å². The second-order valence-corrected chi connectivity index (χ2v) is 7.75. The number of hydrogen-bond donors (Lipinski definition) is 2. The molecule has 0 fully saturated rings. The molecule has 3 heterocycles. The minimum absolute atomic E-state index is 0.00583. The first-order chi connectivity index (χ1) is 11.6. The van der Waals surface area contributed by atoms with Gasteiger partial charge in [-0.2, -0.15) is 0 Å². The van der Waals surface area contributed by atoms with E-state index in [0.29, 0.717) is 18.3 Å². The summed E-state index contributed by atoms with van der Waals surface area (Å²) in [7, 11) is 0. The molecule has 0 unspecified atom stereocenters. The van der Waals surface area contributed by atoms with E-state index in [0.717, 1.165) is 35.2 Å². The number of nitrogens with one attached hydrogen (secondary N) is 2. The Morgan fingerprint density at radius 1 is 1.54 bits per heavy atom. The standard InChI is InChI=1S/C18H21N3O2S/c1-10-5-6-13-14(8-10)24-18-15(13)17(22)20-16(21-18)11(2)19-9-12-4-3-7-23-12/h3-4,7,10-11,19H,5-6,8-9H2,1-2H3,(H,20,21,22)/t10-,11-/m0/s1. The number of fused-ring (bicyclic) bond motifs is 3. The van der Waals surface area contributed by atoms with E-state index in [1.807, 2.05) is 19.1 Å². The second kappa shape index (κ2) is 6.18. The maximum atomic E-state index is 12.6. The topological polar surface area (TPSA) is 70.9 Å². The Morgan fingerprint density at radius 2 is 2.42 bits per heavy atom. The fourth-order valence-corrected chi connectivity index (χ4v) is 4.72. The zero-order valence-electron chi connectivity index (χ0n) is 13.9. The number of thiophene rings is 1. The van der Waals surface area contributed by atoms with Gasteiger partial charge in [0.15, 0.2) is 0 Å². The van der Waals surface area contributed by atoms with Gasteiger partial charge < -0.3 is 14.7 Å². The molecule has 0 bridgehead atoms. The van der Waals surface area contributed by atoms with Crippen molar-refractivity contribution in [3.05, 3.63) is 50.8 Å². The van der Waals surface area contributed by atoms with Gasteiger partial charge in [0.2, 0.25) is 0 Å². The van der Waals surface area contributed by atoms with Crippen LogP contribution in [0.3, 0.4) is 0 Å². The molecule has 24 heavy (non-hydrogen) atoms. The quantitative estimate of drug-likeness (QED) is 0.760. The summed E-state index contributed by atoms with van der Waals surface area (Å²) in [5.41, 5.74) is 1.22. The monoisotopic (exact) mass is 343 g/mol. The van der Waals surface area contributed by atoms with Crippen LogP contribution in [-0.2, 0) is 19.4 Å². The zero-order valence-corrected chi connectivity index (χ0v) is 14.7. The lowest BCUT2D eigenvalue weighted by molar-refractivity contribution is 0.453. The molecule has 4 rings (SSSR count). The Bertz CT molecular complexity index is 910. The first-order valence-electron chi connectivity index (χ1n) is 8.42. The summed E-state index contributed by atoms with van der Waals surface area (Å²) >= 11 is 1.69. The van der Waals surface area contributed by atoms with E-state index in [-0.39, 0.29) is 11.6 Å². The summed E-state index contributed by atoms with van der Waals surface area (Å²) in [5, 5.41) is 4.15. The van der Waals surface area contributed by atoms with Crippen LogP contribution >= 0.6 is 11.3 Å². The van der Waals surface area contributed by atoms with E-state index in [1.165, 1.54) is 10.4 Å². The third-order valence-corrected chi connectivity index (χ3v) is 5.90. The average Bonchev–Trinajstić information content (AvgIpc) is 3.18. The Hall–Kier alpha value is -1.92. The van der Waals surface area contributed by atoms with Gasteiger partial charge in [0.25, 0.3) is 5.56 Å². The third kappa shape index (κ3) is 2.80. The van der Waals surface area contributed by atoms with Crippen LogP contribution in [0.15, 0.2) is 27.6 Å². The first-order valence-corrected chi connectivity index (χ1v) is 9.23. The highest BCUT2D eigenvalue weighted by atomic mass is 32.1. The molecular weight excluding hydrogens is 322 g/mol. The van der Waals surface area contributed by atoms with Crippen molar-refractivity contribution in [3.63, 3.8) is 0 Å². The molecule has 0 aliphatic heterocycles. The number of furan rings is 1. The molecule has 0 saturated carbocycles. The smallest absolute Gasteiger partial charge is 0.259 e. The summed E-state index contributed by atoms with van der Waals surface area (Å²) in [5.74, 6) is 2.24. The maximum Gasteiger partial charge on any atom is 0.259 e. The molecular formula is C18H21N3O2S. The lowest BCUT2D eigenvalue weighted by Crippen LogP contribution is -2.23. The summed E-state index contributed by atoms with van der Waals surface area (Å²) in [6.45, 7) is 4.88. The van der Waals surface area contributed by atoms with Crippen molar-refractivity contribution >= 4 is 21.6 Å². The predicted molar refractivity (Wildman–Crippen MR) is 95.4 cm³/mol. The Balaban J connectivity index is 1.64. The van der Waals surface area contributed by atoms with Crippen LogP contribution in [0.1, 0.15) is 48.3 Å². The van der Waals surface area contributed by atoms with Gasteiger partial charge in [0, 0.05) is 4.88 Å². The molecule has 1 aliphatic carbocycles. The molecule has 6 heteroatoms. The maximum absolute atomic E-state index is 12.6. The Morgan fingerprint density at radius 3 is 3.21 bits per heavy atom. The molecule has 0 radical (unpaired) electrons. The highest BCUT2D eigenvalue weighted by Gasteiger charge is 2.23.